The van der Waals surface area contributed by atoms with Gasteiger partial charge in [0.05, 0.1) is 17.9 Å². The first-order valence-corrected chi connectivity index (χ1v) is 10.6. The summed E-state index contributed by atoms with van der Waals surface area (Å²) >= 11 is 0. The van der Waals surface area contributed by atoms with Crippen LogP contribution < -0.4 is 10.2 Å². The van der Waals surface area contributed by atoms with E-state index in [1.54, 1.807) is 17.0 Å². The molecule has 3 amide bonds. The lowest BCUT2D eigenvalue weighted by atomic mass is 9.83. The zero-order valence-corrected chi connectivity index (χ0v) is 18.6. The molecule has 2 fully saturated rings. The van der Waals surface area contributed by atoms with Gasteiger partial charge in [0, 0.05) is 52.1 Å². The van der Waals surface area contributed by atoms with Gasteiger partial charge in [-0.3, -0.25) is 24.7 Å². The third kappa shape index (κ3) is 3.95. The zero-order valence-electron chi connectivity index (χ0n) is 18.6. The van der Waals surface area contributed by atoms with Gasteiger partial charge in [-0.25, -0.2) is 4.98 Å². The number of carbonyl (C=O) groups is 3. The Hall–Kier alpha value is -3.33. The van der Waals surface area contributed by atoms with Gasteiger partial charge in [0.2, 0.25) is 11.8 Å². The lowest BCUT2D eigenvalue weighted by Gasteiger charge is -2.36. The molecule has 2 saturated heterocycles. The SMILES string of the molecule is COCC1(c2ccc(C(=O)N3CCN(c4ncc(C)cc4C)CC3)cn2)CC(=O)NC1=O. The molecule has 9 nitrogen and oxygen atoms in total. The first kappa shape index (κ1) is 21.9. The lowest BCUT2D eigenvalue weighted by molar-refractivity contribution is -0.127. The summed E-state index contributed by atoms with van der Waals surface area (Å²) in [4.78, 5) is 50.1. The number of ether oxygens (including phenoxy) is 1. The Kier molecular flexibility index (Phi) is 5.92. The van der Waals surface area contributed by atoms with Crippen molar-refractivity contribution >= 4 is 23.5 Å². The van der Waals surface area contributed by atoms with Gasteiger partial charge in [-0.15, -0.1) is 0 Å². The smallest absolute Gasteiger partial charge is 0.255 e. The number of aromatic nitrogens is 2. The molecule has 32 heavy (non-hydrogen) atoms. The van der Waals surface area contributed by atoms with Crippen molar-refractivity contribution in [2.24, 2.45) is 0 Å². The number of rotatable bonds is 5. The molecule has 2 aromatic rings. The number of hydrogen-bond acceptors (Lipinski definition) is 7. The fraction of sp³-hybridized carbons (Fsp3) is 0.435. The number of hydrogen-bond donors (Lipinski definition) is 1. The van der Waals surface area contributed by atoms with Gasteiger partial charge in [0.1, 0.15) is 11.2 Å². The van der Waals surface area contributed by atoms with E-state index in [9.17, 15) is 14.4 Å². The number of aryl methyl sites for hydroxylation is 2. The van der Waals surface area contributed by atoms with E-state index in [2.05, 4.69) is 33.2 Å². The van der Waals surface area contributed by atoms with Crippen LogP contribution in [-0.4, -0.2) is 72.5 Å². The van der Waals surface area contributed by atoms with Crippen molar-refractivity contribution in [2.45, 2.75) is 25.7 Å². The topological polar surface area (TPSA) is 105 Å². The van der Waals surface area contributed by atoms with Gasteiger partial charge in [0.25, 0.3) is 5.91 Å². The van der Waals surface area contributed by atoms with Crippen LogP contribution in [0.25, 0.3) is 0 Å². The van der Waals surface area contributed by atoms with Crippen LogP contribution in [0.3, 0.4) is 0 Å². The number of piperazine rings is 1. The maximum Gasteiger partial charge on any atom is 0.255 e. The van der Waals surface area contributed by atoms with Crippen LogP contribution in [0.5, 0.6) is 0 Å². The highest BCUT2D eigenvalue weighted by atomic mass is 16.5. The van der Waals surface area contributed by atoms with Crippen LogP contribution in [0.1, 0.15) is 33.6 Å². The highest BCUT2D eigenvalue weighted by Crippen LogP contribution is 2.31. The molecular formula is C23H27N5O4. The Morgan fingerprint density at radius 1 is 1.12 bits per heavy atom. The van der Waals surface area contributed by atoms with Crippen molar-refractivity contribution in [2.75, 3.05) is 44.8 Å². The van der Waals surface area contributed by atoms with Gasteiger partial charge in [-0.05, 0) is 37.1 Å². The second kappa shape index (κ2) is 8.66. The van der Waals surface area contributed by atoms with Crippen LogP contribution >= 0.6 is 0 Å². The largest absolute Gasteiger partial charge is 0.383 e. The number of carbonyl (C=O) groups excluding carboxylic acids is 3. The van der Waals surface area contributed by atoms with Crippen LogP contribution in [-0.2, 0) is 19.7 Å². The Morgan fingerprint density at radius 2 is 1.88 bits per heavy atom. The highest BCUT2D eigenvalue weighted by Gasteiger charge is 2.49. The third-order valence-corrected chi connectivity index (χ3v) is 6.10. The molecule has 168 valence electrons. The number of imide groups is 1. The minimum atomic E-state index is -1.15. The fourth-order valence-electron chi connectivity index (χ4n) is 4.44. The predicted octanol–water partition coefficient (Wildman–Crippen LogP) is 0.987. The fourth-order valence-corrected chi connectivity index (χ4v) is 4.44. The molecule has 2 aromatic heterocycles. The summed E-state index contributed by atoms with van der Waals surface area (Å²) in [6.45, 7) is 6.68. The third-order valence-electron chi connectivity index (χ3n) is 6.10. The van der Waals surface area contributed by atoms with Gasteiger partial charge in [0.15, 0.2) is 0 Å². The summed E-state index contributed by atoms with van der Waals surface area (Å²) in [5.74, 6) is 0.0730. The Bertz CT molecular complexity index is 1050. The van der Waals surface area contributed by atoms with Crippen LogP contribution in [0.4, 0.5) is 5.82 Å². The van der Waals surface area contributed by atoms with Crippen molar-refractivity contribution < 1.29 is 19.1 Å². The molecule has 0 bridgehead atoms. The molecule has 0 radical (unpaired) electrons. The lowest BCUT2D eigenvalue weighted by Crippen LogP contribution is -2.49. The summed E-state index contributed by atoms with van der Waals surface area (Å²) in [5, 5.41) is 2.32. The summed E-state index contributed by atoms with van der Waals surface area (Å²) in [6.07, 6.45) is 3.32. The number of amides is 3. The van der Waals surface area contributed by atoms with E-state index in [1.807, 2.05) is 13.1 Å². The van der Waals surface area contributed by atoms with E-state index >= 15 is 0 Å². The quantitative estimate of drug-likeness (QED) is 0.696. The van der Waals surface area contributed by atoms with E-state index < -0.39 is 11.3 Å². The number of nitrogens with one attached hydrogen (secondary N) is 1. The first-order valence-electron chi connectivity index (χ1n) is 10.6. The van der Waals surface area contributed by atoms with Gasteiger partial charge >= 0.3 is 0 Å². The van der Waals surface area contributed by atoms with Gasteiger partial charge < -0.3 is 14.5 Å². The summed E-state index contributed by atoms with van der Waals surface area (Å²) in [6, 6.07) is 5.41. The Morgan fingerprint density at radius 3 is 2.44 bits per heavy atom. The second-order valence-electron chi connectivity index (χ2n) is 8.43. The molecule has 0 aromatic carbocycles. The molecule has 4 heterocycles. The van der Waals surface area contributed by atoms with Crippen LogP contribution in [0.2, 0.25) is 0 Å². The van der Waals surface area contributed by atoms with E-state index in [-0.39, 0.29) is 24.8 Å². The van der Waals surface area contributed by atoms with E-state index in [4.69, 9.17) is 4.74 Å². The molecule has 0 saturated carbocycles. The van der Waals surface area contributed by atoms with E-state index in [1.165, 1.54) is 13.3 Å². The van der Waals surface area contributed by atoms with Crippen molar-refractivity contribution in [3.05, 3.63) is 53.0 Å². The molecule has 1 unspecified atom stereocenters. The van der Waals surface area contributed by atoms with Crippen molar-refractivity contribution in [1.29, 1.82) is 0 Å². The summed E-state index contributed by atoms with van der Waals surface area (Å²) < 4.78 is 5.20. The van der Waals surface area contributed by atoms with Gasteiger partial charge in [-0.2, -0.15) is 0 Å². The minimum Gasteiger partial charge on any atom is -0.383 e. The van der Waals surface area contributed by atoms with E-state index in [0.29, 0.717) is 37.4 Å². The maximum atomic E-state index is 13.0. The second-order valence-corrected chi connectivity index (χ2v) is 8.43. The normalized spacial score (nSPS) is 21.1. The summed E-state index contributed by atoms with van der Waals surface area (Å²) in [7, 11) is 1.48. The molecule has 4 rings (SSSR count). The minimum absolute atomic E-state index is 0.0195. The Labute approximate surface area is 186 Å². The standard InChI is InChI=1S/C23H27N5O4/c1-15-10-16(2)20(25-12-15)27-6-8-28(9-7-27)21(30)17-4-5-18(24-13-17)23(14-32-3)11-19(29)26-22(23)31/h4-5,10,12-13H,6-9,11,14H2,1-3H3,(H,26,29,31). The van der Waals surface area contributed by atoms with Crippen molar-refractivity contribution in [1.82, 2.24) is 20.2 Å². The maximum absolute atomic E-state index is 13.0. The van der Waals surface area contributed by atoms with Crippen LogP contribution in [0.15, 0.2) is 30.6 Å². The monoisotopic (exact) mass is 437 g/mol. The predicted molar refractivity (Wildman–Crippen MR) is 117 cm³/mol. The first-order chi connectivity index (χ1) is 15.3. The number of methoxy groups -OCH3 is 1. The summed E-state index contributed by atoms with van der Waals surface area (Å²) in [5.41, 5.74) is 1.97. The number of pyridine rings is 2. The molecular weight excluding hydrogens is 410 g/mol. The highest BCUT2D eigenvalue weighted by molar-refractivity contribution is 6.09. The number of nitrogens with zero attached hydrogens (tertiary/aromatic N) is 4. The van der Waals surface area contributed by atoms with E-state index in [0.717, 1.165) is 16.9 Å². The molecule has 1 N–H and O–H groups in total. The Balaban J connectivity index is 1.44. The van der Waals surface area contributed by atoms with Crippen molar-refractivity contribution in [3.8, 4) is 0 Å². The molecule has 0 spiro atoms. The number of anilines is 1. The average Bonchev–Trinajstić information content (AvgIpc) is 3.07. The molecule has 9 heteroatoms. The van der Waals surface area contributed by atoms with Gasteiger partial charge in [-0.1, -0.05) is 6.07 Å². The molecule has 2 aliphatic rings. The van der Waals surface area contributed by atoms with Crippen LogP contribution in [0, 0.1) is 13.8 Å². The molecule has 0 aliphatic carbocycles. The van der Waals surface area contributed by atoms with Crippen molar-refractivity contribution in [3.63, 3.8) is 0 Å². The zero-order chi connectivity index (χ0) is 22.9. The average molecular weight is 438 g/mol. The molecule has 2 aliphatic heterocycles. The molecule has 1 atom stereocenters.